The van der Waals surface area contributed by atoms with E-state index in [-0.39, 0.29) is 19.1 Å². The van der Waals surface area contributed by atoms with Crippen molar-refractivity contribution in [3.63, 3.8) is 0 Å². The number of nitrogens with zero attached hydrogens (tertiary/aromatic N) is 2. The molecule has 7 heteroatoms. The van der Waals surface area contributed by atoms with Crippen molar-refractivity contribution in [1.82, 2.24) is 20.6 Å². The van der Waals surface area contributed by atoms with Crippen LogP contribution in [0.25, 0.3) is 0 Å². The van der Waals surface area contributed by atoms with Gasteiger partial charge in [-0.2, -0.15) is 5.10 Å². The average Bonchev–Trinajstić information content (AvgIpc) is 2.83. The van der Waals surface area contributed by atoms with Gasteiger partial charge < -0.3 is 4.74 Å². The highest BCUT2D eigenvalue weighted by Gasteiger charge is 2.09. The number of rotatable bonds is 5. The van der Waals surface area contributed by atoms with Gasteiger partial charge in [0, 0.05) is 5.69 Å². The topological polar surface area (TPSA) is 85.3 Å². The highest BCUT2D eigenvalue weighted by Crippen LogP contribution is 2.18. The number of hydrogen-bond donors (Lipinski definition) is 2. The van der Waals surface area contributed by atoms with Crippen LogP contribution in [0.15, 0.2) is 24.3 Å². The summed E-state index contributed by atoms with van der Waals surface area (Å²) in [5.74, 6) is -0.141. The number of benzene rings is 1. The molecule has 0 unspecified atom stereocenters. The molecule has 0 saturated carbocycles. The molecular weight excluding hydrogens is 308 g/mol. The van der Waals surface area contributed by atoms with E-state index >= 15 is 0 Å². The van der Waals surface area contributed by atoms with E-state index in [1.165, 1.54) is 0 Å². The Labute approximate surface area is 141 Å². The normalized spacial score (nSPS) is 10.3. The first kappa shape index (κ1) is 17.5. The Kier molecular flexibility index (Phi) is 5.57. The first-order chi connectivity index (χ1) is 11.3. The van der Waals surface area contributed by atoms with Crippen LogP contribution in [0.2, 0.25) is 0 Å². The maximum atomic E-state index is 11.8. The Morgan fingerprint density at radius 1 is 1.08 bits per heavy atom. The lowest BCUT2D eigenvalue weighted by atomic mass is 10.1. The molecule has 2 rings (SSSR count). The Morgan fingerprint density at radius 3 is 2.46 bits per heavy atom. The number of hydrazine groups is 1. The van der Waals surface area contributed by atoms with E-state index in [1.54, 1.807) is 4.68 Å². The number of hydrogen-bond acceptors (Lipinski definition) is 4. The fourth-order valence-corrected chi connectivity index (χ4v) is 2.19. The summed E-state index contributed by atoms with van der Waals surface area (Å²) in [7, 11) is 0. The quantitative estimate of drug-likeness (QED) is 0.810. The number of amides is 2. The summed E-state index contributed by atoms with van der Waals surface area (Å²) in [5, 5.41) is 4.19. The zero-order chi connectivity index (χ0) is 17.7. The van der Waals surface area contributed by atoms with E-state index in [1.807, 2.05) is 52.0 Å². The molecule has 0 aliphatic carbocycles. The van der Waals surface area contributed by atoms with Gasteiger partial charge in [0.2, 0.25) is 0 Å². The molecule has 0 fully saturated rings. The molecule has 2 N–H and O–H groups in total. The van der Waals surface area contributed by atoms with Crippen molar-refractivity contribution in [2.75, 3.05) is 6.61 Å². The minimum absolute atomic E-state index is 0.0395. The summed E-state index contributed by atoms with van der Waals surface area (Å²) in [6.07, 6.45) is 0. The number of aryl methyl sites for hydroxylation is 4. The maximum absolute atomic E-state index is 11.8. The van der Waals surface area contributed by atoms with E-state index < -0.39 is 5.91 Å². The fourth-order valence-electron chi connectivity index (χ4n) is 2.19. The minimum atomic E-state index is -0.433. The van der Waals surface area contributed by atoms with Crippen LogP contribution >= 0.6 is 0 Å². The van der Waals surface area contributed by atoms with Gasteiger partial charge in [-0.1, -0.05) is 12.1 Å². The fraction of sp³-hybridized carbons (Fsp3) is 0.353. The van der Waals surface area contributed by atoms with Crippen LogP contribution in [0.1, 0.15) is 22.5 Å². The summed E-state index contributed by atoms with van der Waals surface area (Å²) in [5.41, 5.74) is 8.40. The summed E-state index contributed by atoms with van der Waals surface area (Å²) < 4.78 is 7.04. The van der Waals surface area contributed by atoms with Gasteiger partial charge in [-0.05, 0) is 51.0 Å². The van der Waals surface area contributed by atoms with Crippen molar-refractivity contribution in [3.05, 3.63) is 46.8 Å². The van der Waals surface area contributed by atoms with E-state index in [0.29, 0.717) is 5.75 Å². The predicted octanol–water partition coefficient (Wildman–Crippen LogP) is 1.34. The highest BCUT2D eigenvalue weighted by atomic mass is 16.5. The highest BCUT2D eigenvalue weighted by molar-refractivity contribution is 5.82. The van der Waals surface area contributed by atoms with Crippen molar-refractivity contribution in [1.29, 1.82) is 0 Å². The molecule has 1 heterocycles. The van der Waals surface area contributed by atoms with Crippen LogP contribution in [0.4, 0.5) is 0 Å². The lowest BCUT2D eigenvalue weighted by Crippen LogP contribution is -2.45. The first-order valence-corrected chi connectivity index (χ1v) is 7.64. The van der Waals surface area contributed by atoms with Crippen molar-refractivity contribution in [2.45, 2.75) is 34.2 Å². The Bertz CT molecular complexity index is 752. The summed E-state index contributed by atoms with van der Waals surface area (Å²) in [6, 6.07) is 7.65. The number of carbonyl (C=O) groups is 2. The third-order valence-corrected chi connectivity index (χ3v) is 3.44. The van der Waals surface area contributed by atoms with Gasteiger partial charge >= 0.3 is 0 Å². The average molecular weight is 330 g/mol. The number of ether oxygens (including phenoxy) is 1. The van der Waals surface area contributed by atoms with Crippen LogP contribution in [-0.2, 0) is 16.1 Å². The molecule has 0 aliphatic heterocycles. The van der Waals surface area contributed by atoms with E-state index in [9.17, 15) is 9.59 Å². The van der Waals surface area contributed by atoms with Gasteiger partial charge in [-0.15, -0.1) is 0 Å². The second-order valence-electron chi connectivity index (χ2n) is 5.74. The Hall–Kier alpha value is -2.83. The summed E-state index contributed by atoms with van der Waals surface area (Å²) >= 11 is 0. The van der Waals surface area contributed by atoms with Crippen LogP contribution in [-0.4, -0.2) is 28.2 Å². The van der Waals surface area contributed by atoms with E-state index in [0.717, 1.165) is 22.5 Å². The molecule has 1 aromatic carbocycles. The van der Waals surface area contributed by atoms with Crippen molar-refractivity contribution in [2.24, 2.45) is 0 Å². The van der Waals surface area contributed by atoms with Gasteiger partial charge in [-0.3, -0.25) is 25.1 Å². The van der Waals surface area contributed by atoms with Crippen LogP contribution in [0.3, 0.4) is 0 Å². The molecule has 7 nitrogen and oxygen atoms in total. The second-order valence-corrected chi connectivity index (χ2v) is 5.74. The van der Waals surface area contributed by atoms with Crippen LogP contribution in [0, 0.1) is 27.7 Å². The molecule has 2 amide bonds. The van der Waals surface area contributed by atoms with Crippen LogP contribution in [0.5, 0.6) is 5.75 Å². The molecule has 0 spiro atoms. The third kappa shape index (κ3) is 4.84. The van der Waals surface area contributed by atoms with Gasteiger partial charge in [0.15, 0.2) is 6.61 Å². The number of nitrogens with one attached hydrogen (secondary N) is 2. The van der Waals surface area contributed by atoms with E-state index in [2.05, 4.69) is 16.0 Å². The standard InChI is InChI=1S/C17H22N4O3/c1-11-5-6-12(2)15(7-11)24-10-17(23)19-18-16(22)9-21-14(4)8-13(3)20-21/h5-8H,9-10H2,1-4H3,(H,18,22)(H,19,23). The number of carbonyl (C=O) groups excluding carboxylic acids is 2. The van der Waals surface area contributed by atoms with E-state index in [4.69, 9.17) is 4.74 Å². The Balaban J connectivity index is 1.77. The maximum Gasteiger partial charge on any atom is 0.276 e. The molecule has 0 bridgehead atoms. The summed E-state index contributed by atoms with van der Waals surface area (Å²) in [6.45, 7) is 7.44. The van der Waals surface area contributed by atoms with Gasteiger partial charge in [0.25, 0.3) is 11.8 Å². The van der Waals surface area contributed by atoms with Crippen LogP contribution < -0.4 is 15.6 Å². The van der Waals surface area contributed by atoms with Crippen molar-refractivity contribution in [3.8, 4) is 5.75 Å². The molecule has 0 radical (unpaired) electrons. The lowest BCUT2D eigenvalue weighted by molar-refractivity contribution is -0.130. The minimum Gasteiger partial charge on any atom is -0.483 e. The Morgan fingerprint density at radius 2 is 1.79 bits per heavy atom. The molecule has 24 heavy (non-hydrogen) atoms. The molecule has 0 atom stereocenters. The van der Waals surface area contributed by atoms with Gasteiger partial charge in [0.1, 0.15) is 12.3 Å². The molecular formula is C17H22N4O3. The van der Waals surface area contributed by atoms with Gasteiger partial charge in [-0.25, -0.2) is 0 Å². The molecule has 0 saturated heterocycles. The molecule has 2 aromatic rings. The van der Waals surface area contributed by atoms with Crippen molar-refractivity contribution >= 4 is 11.8 Å². The smallest absolute Gasteiger partial charge is 0.276 e. The zero-order valence-electron chi connectivity index (χ0n) is 14.3. The number of aromatic nitrogens is 2. The predicted molar refractivity (Wildman–Crippen MR) is 89.4 cm³/mol. The van der Waals surface area contributed by atoms with Gasteiger partial charge in [0.05, 0.1) is 5.69 Å². The van der Waals surface area contributed by atoms with Crippen molar-refractivity contribution < 1.29 is 14.3 Å². The largest absolute Gasteiger partial charge is 0.483 e. The lowest BCUT2D eigenvalue weighted by Gasteiger charge is -2.11. The zero-order valence-corrected chi connectivity index (χ0v) is 14.3. The third-order valence-electron chi connectivity index (χ3n) is 3.44. The summed E-state index contributed by atoms with van der Waals surface area (Å²) in [4.78, 5) is 23.6. The molecule has 0 aliphatic rings. The first-order valence-electron chi connectivity index (χ1n) is 7.64. The monoisotopic (exact) mass is 330 g/mol. The second kappa shape index (κ2) is 7.63. The molecule has 128 valence electrons. The SMILES string of the molecule is Cc1ccc(C)c(OCC(=O)NNC(=O)Cn2nc(C)cc2C)c1. The molecule has 1 aromatic heterocycles.